The van der Waals surface area contributed by atoms with Crippen LogP contribution in [-0.2, 0) is 9.47 Å². The fourth-order valence-electron chi connectivity index (χ4n) is 1.22. The molecule has 5 heteroatoms. The lowest BCUT2D eigenvalue weighted by molar-refractivity contribution is -0.259. The van der Waals surface area contributed by atoms with Gasteiger partial charge in [-0.2, -0.15) is 0 Å². The van der Waals surface area contributed by atoms with Crippen molar-refractivity contribution in [2.45, 2.75) is 51.9 Å². The van der Waals surface area contributed by atoms with Crippen molar-refractivity contribution in [3.63, 3.8) is 0 Å². The van der Waals surface area contributed by atoms with E-state index in [9.17, 15) is 8.78 Å². The topological polar surface area (TPSA) is 18.5 Å². The summed E-state index contributed by atoms with van der Waals surface area (Å²) in [6.07, 6.45) is -0.835. The molecule has 0 fully saturated rings. The van der Waals surface area contributed by atoms with Gasteiger partial charge in [-0.25, -0.2) is 8.78 Å². The summed E-state index contributed by atoms with van der Waals surface area (Å²) in [5, 5.41) is 0. The number of halogens is 3. The lowest BCUT2D eigenvalue weighted by Crippen LogP contribution is -2.51. The second kappa shape index (κ2) is 6.30. The van der Waals surface area contributed by atoms with Crippen LogP contribution >= 0.6 is 22.6 Å². The molecule has 0 bridgehead atoms. The summed E-state index contributed by atoms with van der Waals surface area (Å²) in [5.74, 6) is -2.83. The van der Waals surface area contributed by atoms with Crippen LogP contribution in [0.5, 0.6) is 0 Å². The summed E-state index contributed by atoms with van der Waals surface area (Å²) in [5.41, 5.74) is -1.46. The quantitative estimate of drug-likeness (QED) is 0.402. The highest BCUT2D eigenvalue weighted by molar-refractivity contribution is 14.1. The molecule has 0 aliphatic rings. The maximum atomic E-state index is 13.6. The average Bonchev–Trinajstić information content (AvgIpc) is 2.17. The van der Waals surface area contributed by atoms with Crippen LogP contribution in [0.2, 0.25) is 0 Å². The first-order valence-corrected chi connectivity index (χ1v) is 6.58. The molecule has 2 atom stereocenters. The smallest absolute Gasteiger partial charge is 0.276 e. The second-order valence-electron chi connectivity index (χ2n) is 3.56. The van der Waals surface area contributed by atoms with Crippen LogP contribution in [0, 0.1) is 0 Å². The van der Waals surface area contributed by atoms with Crippen LogP contribution in [-0.4, -0.2) is 28.8 Å². The Morgan fingerprint density at radius 1 is 1.33 bits per heavy atom. The first kappa shape index (κ1) is 15.5. The third-order valence-electron chi connectivity index (χ3n) is 2.30. The molecule has 0 aromatic rings. The minimum Gasteiger partial charge on any atom is -0.353 e. The highest BCUT2D eigenvalue weighted by atomic mass is 127. The minimum atomic E-state index is -2.83. The first-order chi connectivity index (χ1) is 6.83. The van der Waals surface area contributed by atoms with E-state index in [1.807, 2.05) is 22.6 Å². The van der Waals surface area contributed by atoms with E-state index in [4.69, 9.17) is 9.47 Å². The lowest BCUT2D eigenvalue weighted by Gasteiger charge is -2.37. The van der Waals surface area contributed by atoms with Crippen molar-refractivity contribution >= 4 is 22.6 Å². The Bertz CT molecular complexity index is 190. The fourth-order valence-corrected chi connectivity index (χ4v) is 1.96. The number of rotatable bonds is 7. The van der Waals surface area contributed by atoms with Gasteiger partial charge in [0.05, 0.1) is 0 Å². The largest absolute Gasteiger partial charge is 0.353 e. The predicted octanol–water partition coefficient (Wildman–Crippen LogP) is 3.62. The van der Waals surface area contributed by atoms with Crippen molar-refractivity contribution in [2.75, 3.05) is 11.0 Å². The Hall–Kier alpha value is 0.510. The van der Waals surface area contributed by atoms with Gasteiger partial charge in [-0.05, 0) is 20.8 Å². The van der Waals surface area contributed by atoms with E-state index in [2.05, 4.69) is 0 Å². The van der Waals surface area contributed by atoms with Crippen LogP contribution in [0.25, 0.3) is 0 Å². The molecule has 0 aliphatic heterocycles. The molecule has 2 unspecified atom stereocenters. The van der Waals surface area contributed by atoms with Gasteiger partial charge in [0, 0.05) is 17.5 Å². The molecule has 0 saturated carbocycles. The molecular weight excluding hydrogens is 317 g/mol. The van der Waals surface area contributed by atoms with Gasteiger partial charge in [0.1, 0.15) is 5.60 Å². The van der Waals surface area contributed by atoms with Gasteiger partial charge in [-0.15, -0.1) is 0 Å². The monoisotopic (exact) mass is 336 g/mol. The average molecular weight is 336 g/mol. The van der Waals surface area contributed by atoms with E-state index >= 15 is 0 Å². The SMILES string of the molecule is CCOC(C)OC(C)(CI)C(F)(F)CC. The zero-order chi connectivity index (χ0) is 12.1. The zero-order valence-electron chi connectivity index (χ0n) is 9.65. The second-order valence-corrected chi connectivity index (χ2v) is 4.33. The molecule has 92 valence electrons. The highest BCUT2D eigenvalue weighted by Gasteiger charge is 2.50. The summed E-state index contributed by atoms with van der Waals surface area (Å²) in [6, 6.07) is 0. The van der Waals surface area contributed by atoms with Gasteiger partial charge in [0.25, 0.3) is 5.92 Å². The van der Waals surface area contributed by atoms with Crippen LogP contribution in [0.3, 0.4) is 0 Å². The molecular formula is C10H19F2IO2. The van der Waals surface area contributed by atoms with E-state index in [1.165, 1.54) is 13.8 Å². The van der Waals surface area contributed by atoms with E-state index in [-0.39, 0.29) is 10.8 Å². The molecule has 0 saturated heterocycles. The lowest BCUT2D eigenvalue weighted by atomic mass is 9.98. The van der Waals surface area contributed by atoms with E-state index in [0.29, 0.717) is 6.61 Å². The maximum Gasteiger partial charge on any atom is 0.276 e. The molecule has 15 heavy (non-hydrogen) atoms. The van der Waals surface area contributed by atoms with Crippen molar-refractivity contribution in [1.29, 1.82) is 0 Å². The van der Waals surface area contributed by atoms with E-state index < -0.39 is 17.8 Å². The number of hydrogen-bond donors (Lipinski definition) is 0. The van der Waals surface area contributed by atoms with Crippen molar-refractivity contribution in [2.24, 2.45) is 0 Å². The summed E-state index contributed by atoms with van der Waals surface area (Å²) in [4.78, 5) is 0. The van der Waals surface area contributed by atoms with Crippen LogP contribution in [0.4, 0.5) is 8.78 Å². The van der Waals surface area contributed by atoms with Gasteiger partial charge in [-0.1, -0.05) is 29.5 Å². The van der Waals surface area contributed by atoms with Crippen molar-refractivity contribution in [3.8, 4) is 0 Å². The fraction of sp³-hybridized carbons (Fsp3) is 1.00. The van der Waals surface area contributed by atoms with Crippen LogP contribution < -0.4 is 0 Å². The van der Waals surface area contributed by atoms with E-state index in [1.54, 1.807) is 13.8 Å². The van der Waals surface area contributed by atoms with Gasteiger partial charge in [0.2, 0.25) is 0 Å². The van der Waals surface area contributed by atoms with Gasteiger partial charge < -0.3 is 9.47 Å². The first-order valence-electron chi connectivity index (χ1n) is 5.06. The Balaban J connectivity index is 4.56. The molecule has 2 nitrogen and oxygen atoms in total. The molecule has 0 amide bonds. The zero-order valence-corrected chi connectivity index (χ0v) is 11.8. The summed E-state index contributed by atoms with van der Waals surface area (Å²) in [7, 11) is 0. The predicted molar refractivity (Wildman–Crippen MR) is 64.7 cm³/mol. The van der Waals surface area contributed by atoms with Crippen molar-refractivity contribution in [3.05, 3.63) is 0 Å². The summed E-state index contributed by atoms with van der Waals surface area (Å²) >= 11 is 1.92. The van der Waals surface area contributed by atoms with Crippen LogP contribution in [0.15, 0.2) is 0 Å². The van der Waals surface area contributed by atoms with Gasteiger partial charge in [-0.3, -0.25) is 0 Å². The third-order valence-corrected chi connectivity index (χ3v) is 3.76. The van der Waals surface area contributed by atoms with Gasteiger partial charge >= 0.3 is 0 Å². The Morgan fingerprint density at radius 2 is 1.87 bits per heavy atom. The van der Waals surface area contributed by atoms with Gasteiger partial charge in [0.15, 0.2) is 6.29 Å². The molecule has 0 aromatic carbocycles. The Morgan fingerprint density at radius 3 is 2.20 bits per heavy atom. The maximum absolute atomic E-state index is 13.6. The van der Waals surface area contributed by atoms with E-state index in [0.717, 1.165) is 0 Å². The van der Waals surface area contributed by atoms with Crippen molar-refractivity contribution < 1.29 is 18.3 Å². The van der Waals surface area contributed by atoms with Crippen molar-refractivity contribution in [1.82, 2.24) is 0 Å². The third kappa shape index (κ3) is 4.11. The number of hydrogen-bond acceptors (Lipinski definition) is 2. The molecule has 0 N–H and O–H groups in total. The Kier molecular flexibility index (Phi) is 6.51. The normalized spacial score (nSPS) is 18.6. The van der Waals surface area contributed by atoms with Crippen LogP contribution in [0.1, 0.15) is 34.1 Å². The Labute approximate surface area is 104 Å². The summed E-state index contributed by atoms with van der Waals surface area (Å²) in [6.45, 7) is 6.78. The number of ether oxygens (including phenoxy) is 2. The molecule has 0 aromatic heterocycles. The minimum absolute atomic E-state index is 0.225. The molecule has 0 spiro atoms. The molecule has 0 rings (SSSR count). The number of alkyl halides is 3. The standard InChI is InChI=1S/C10H19F2IO2/c1-5-10(11,12)9(4,7-13)15-8(3)14-6-2/h8H,5-7H2,1-4H3. The molecule has 0 radical (unpaired) electrons. The summed E-state index contributed by atoms with van der Waals surface area (Å²) < 4.78 is 37.9. The molecule has 0 aliphatic carbocycles. The molecule has 0 heterocycles. The highest BCUT2D eigenvalue weighted by Crippen LogP contribution is 2.37.